The van der Waals surface area contributed by atoms with Crippen LogP contribution in [-0.2, 0) is 6.54 Å². The number of nitrogens with one attached hydrogen (secondary N) is 1. The van der Waals surface area contributed by atoms with E-state index in [-0.39, 0.29) is 0 Å². The van der Waals surface area contributed by atoms with Gasteiger partial charge in [0.15, 0.2) is 0 Å². The molecule has 3 heteroatoms. The van der Waals surface area contributed by atoms with Gasteiger partial charge in [-0.25, -0.2) is 0 Å². The molecule has 0 fully saturated rings. The van der Waals surface area contributed by atoms with Gasteiger partial charge in [-0.15, -0.1) is 0 Å². The van der Waals surface area contributed by atoms with Gasteiger partial charge in [-0.2, -0.15) is 0 Å². The first-order chi connectivity index (χ1) is 8.08. The van der Waals surface area contributed by atoms with E-state index in [9.17, 15) is 0 Å². The summed E-state index contributed by atoms with van der Waals surface area (Å²) in [6.45, 7) is 11.8. The Morgan fingerprint density at radius 1 is 1.41 bits per heavy atom. The Labute approximate surface area is 105 Å². The van der Waals surface area contributed by atoms with E-state index < -0.39 is 0 Å². The van der Waals surface area contributed by atoms with Crippen LogP contribution in [0.3, 0.4) is 0 Å². The molecule has 0 bridgehead atoms. The fourth-order valence-corrected chi connectivity index (χ4v) is 2.03. The number of anilines is 1. The lowest BCUT2D eigenvalue weighted by atomic mass is 10.1. The Balaban J connectivity index is 3.02. The molecule has 0 spiro atoms. The first-order valence-electron chi connectivity index (χ1n) is 6.43. The molecule has 0 aliphatic rings. The molecule has 0 atom stereocenters. The van der Waals surface area contributed by atoms with Crippen molar-refractivity contribution in [1.82, 2.24) is 10.3 Å². The van der Waals surface area contributed by atoms with E-state index in [0.717, 1.165) is 25.3 Å². The van der Waals surface area contributed by atoms with E-state index in [0.29, 0.717) is 5.92 Å². The number of hydrogen-bond donors (Lipinski definition) is 1. The highest BCUT2D eigenvalue weighted by molar-refractivity contribution is 5.53. The van der Waals surface area contributed by atoms with Gasteiger partial charge in [-0.3, -0.25) is 4.98 Å². The lowest BCUT2D eigenvalue weighted by Gasteiger charge is -2.27. The SMILES string of the molecule is CCN(CC(C)C)c1cc(C)ncc1CNC. The predicted octanol–water partition coefficient (Wildman–Crippen LogP) is 2.59. The number of nitrogens with zero attached hydrogens (tertiary/aromatic N) is 2. The molecule has 0 aliphatic heterocycles. The van der Waals surface area contributed by atoms with Gasteiger partial charge < -0.3 is 10.2 Å². The third kappa shape index (κ3) is 4.00. The van der Waals surface area contributed by atoms with Crippen molar-refractivity contribution < 1.29 is 0 Å². The second kappa shape index (κ2) is 6.60. The van der Waals surface area contributed by atoms with E-state index in [1.165, 1.54) is 11.3 Å². The normalized spacial score (nSPS) is 10.9. The molecule has 1 N–H and O–H groups in total. The Bertz CT molecular complexity index is 347. The van der Waals surface area contributed by atoms with Crippen molar-refractivity contribution >= 4 is 5.69 Å². The Morgan fingerprint density at radius 2 is 2.12 bits per heavy atom. The molecule has 0 amide bonds. The smallest absolute Gasteiger partial charge is 0.0445 e. The first kappa shape index (κ1) is 14.0. The molecule has 0 aliphatic carbocycles. The molecule has 1 heterocycles. The summed E-state index contributed by atoms with van der Waals surface area (Å²) in [5.41, 5.74) is 3.69. The lowest BCUT2D eigenvalue weighted by Crippen LogP contribution is -2.29. The van der Waals surface area contributed by atoms with E-state index >= 15 is 0 Å². The topological polar surface area (TPSA) is 28.2 Å². The van der Waals surface area contributed by atoms with Gasteiger partial charge in [0.1, 0.15) is 0 Å². The van der Waals surface area contributed by atoms with Crippen molar-refractivity contribution in [3.8, 4) is 0 Å². The van der Waals surface area contributed by atoms with Crippen LogP contribution < -0.4 is 10.2 Å². The highest BCUT2D eigenvalue weighted by atomic mass is 15.1. The molecule has 1 aromatic heterocycles. The van der Waals surface area contributed by atoms with Crippen LogP contribution in [0.15, 0.2) is 12.3 Å². The highest BCUT2D eigenvalue weighted by Crippen LogP contribution is 2.21. The number of hydrogen-bond acceptors (Lipinski definition) is 3. The van der Waals surface area contributed by atoms with Gasteiger partial charge in [0.25, 0.3) is 0 Å². The second-order valence-corrected chi connectivity index (χ2v) is 4.92. The zero-order valence-corrected chi connectivity index (χ0v) is 11.7. The van der Waals surface area contributed by atoms with Crippen LogP contribution in [0.4, 0.5) is 5.69 Å². The average molecular weight is 235 g/mol. The summed E-state index contributed by atoms with van der Waals surface area (Å²) >= 11 is 0. The molecule has 1 rings (SSSR count). The number of aromatic nitrogens is 1. The van der Waals surface area contributed by atoms with Crippen molar-refractivity contribution in [2.24, 2.45) is 5.92 Å². The third-order valence-electron chi connectivity index (χ3n) is 2.77. The summed E-state index contributed by atoms with van der Waals surface area (Å²) in [7, 11) is 1.97. The minimum absolute atomic E-state index is 0.672. The Kier molecular flexibility index (Phi) is 5.42. The number of aryl methyl sites for hydroxylation is 1. The van der Waals surface area contributed by atoms with Crippen molar-refractivity contribution in [2.45, 2.75) is 34.2 Å². The number of rotatable bonds is 6. The second-order valence-electron chi connectivity index (χ2n) is 4.92. The molecule has 0 aromatic carbocycles. The van der Waals surface area contributed by atoms with Gasteiger partial charge in [-0.05, 0) is 32.9 Å². The number of pyridine rings is 1. The standard InChI is InChI=1S/C14H25N3/c1-6-17(10-11(2)3)14-7-12(4)16-9-13(14)8-15-5/h7,9,11,15H,6,8,10H2,1-5H3. The first-order valence-corrected chi connectivity index (χ1v) is 6.43. The highest BCUT2D eigenvalue weighted by Gasteiger charge is 2.11. The maximum Gasteiger partial charge on any atom is 0.0445 e. The van der Waals surface area contributed by atoms with Gasteiger partial charge in [0.05, 0.1) is 0 Å². The molecule has 0 radical (unpaired) electrons. The monoisotopic (exact) mass is 235 g/mol. The van der Waals surface area contributed by atoms with E-state index in [1.54, 1.807) is 0 Å². The van der Waals surface area contributed by atoms with Crippen LogP contribution in [0, 0.1) is 12.8 Å². The van der Waals surface area contributed by atoms with Crippen LogP contribution in [0.5, 0.6) is 0 Å². The van der Waals surface area contributed by atoms with Crippen LogP contribution in [0.2, 0.25) is 0 Å². The largest absolute Gasteiger partial charge is 0.371 e. The quantitative estimate of drug-likeness (QED) is 0.821. The summed E-state index contributed by atoms with van der Waals surface area (Å²) in [6.07, 6.45) is 1.99. The zero-order valence-electron chi connectivity index (χ0n) is 11.7. The Hall–Kier alpha value is -1.09. The molecule has 0 saturated carbocycles. The molecular formula is C14H25N3. The summed E-state index contributed by atoms with van der Waals surface area (Å²) in [5.74, 6) is 0.672. The Morgan fingerprint density at radius 3 is 2.65 bits per heavy atom. The minimum atomic E-state index is 0.672. The van der Waals surface area contributed by atoms with Crippen LogP contribution >= 0.6 is 0 Å². The van der Waals surface area contributed by atoms with Crippen molar-refractivity contribution in [1.29, 1.82) is 0 Å². The zero-order chi connectivity index (χ0) is 12.8. The summed E-state index contributed by atoms with van der Waals surface area (Å²) in [4.78, 5) is 6.82. The van der Waals surface area contributed by atoms with E-state index in [1.807, 2.05) is 13.2 Å². The molecule has 0 saturated heterocycles. The van der Waals surface area contributed by atoms with Gasteiger partial charge in [-0.1, -0.05) is 13.8 Å². The summed E-state index contributed by atoms with van der Waals surface area (Å²) < 4.78 is 0. The molecule has 17 heavy (non-hydrogen) atoms. The average Bonchev–Trinajstić information content (AvgIpc) is 2.28. The summed E-state index contributed by atoms with van der Waals surface area (Å²) in [6, 6.07) is 2.19. The molecule has 96 valence electrons. The lowest BCUT2D eigenvalue weighted by molar-refractivity contribution is 0.615. The van der Waals surface area contributed by atoms with Gasteiger partial charge in [0.2, 0.25) is 0 Å². The third-order valence-corrected chi connectivity index (χ3v) is 2.77. The molecular weight excluding hydrogens is 210 g/mol. The molecule has 1 aromatic rings. The van der Waals surface area contributed by atoms with Crippen LogP contribution in [-0.4, -0.2) is 25.1 Å². The van der Waals surface area contributed by atoms with Crippen LogP contribution in [0.1, 0.15) is 32.0 Å². The fraction of sp³-hybridized carbons (Fsp3) is 0.643. The van der Waals surface area contributed by atoms with Gasteiger partial charge in [0, 0.05) is 42.8 Å². The maximum absolute atomic E-state index is 4.39. The molecule has 3 nitrogen and oxygen atoms in total. The fourth-order valence-electron chi connectivity index (χ4n) is 2.03. The molecule has 0 unspecified atom stereocenters. The predicted molar refractivity (Wildman–Crippen MR) is 74.5 cm³/mol. The van der Waals surface area contributed by atoms with Crippen molar-refractivity contribution in [3.63, 3.8) is 0 Å². The van der Waals surface area contributed by atoms with Crippen molar-refractivity contribution in [3.05, 3.63) is 23.5 Å². The summed E-state index contributed by atoms with van der Waals surface area (Å²) in [5, 5.41) is 3.21. The van der Waals surface area contributed by atoms with E-state index in [2.05, 4.69) is 49.0 Å². The minimum Gasteiger partial charge on any atom is -0.371 e. The van der Waals surface area contributed by atoms with Crippen LogP contribution in [0.25, 0.3) is 0 Å². The van der Waals surface area contributed by atoms with Gasteiger partial charge >= 0.3 is 0 Å². The van der Waals surface area contributed by atoms with Crippen molar-refractivity contribution in [2.75, 3.05) is 25.0 Å². The maximum atomic E-state index is 4.39. The van der Waals surface area contributed by atoms with E-state index in [4.69, 9.17) is 0 Å².